The first-order valence-corrected chi connectivity index (χ1v) is 15.1. The number of carbonyl (C=O) groups excluding carboxylic acids is 1. The van der Waals surface area contributed by atoms with Crippen LogP contribution < -0.4 is 15.0 Å². The number of rotatable bonds is 9. The van der Waals surface area contributed by atoms with Crippen molar-refractivity contribution >= 4 is 21.4 Å². The second-order valence-electron chi connectivity index (χ2n) is 10.1. The zero-order chi connectivity index (χ0) is 32.3. The molecule has 4 rings (SSSR count). The van der Waals surface area contributed by atoms with E-state index in [4.69, 9.17) is 4.74 Å². The van der Waals surface area contributed by atoms with Crippen LogP contribution in [0.3, 0.4) is 0 Å². The average molecular weight is 640 g/mol. The third kappa shape index (κ3) is 7.63. The van der Waals surface area contributed by atoms with E-state index in [2.05, 4.69) is 5.32 Å². The van der Waals surface area contributed by atoms with Gasteiger partial charge in [0, 0.05) is 24.2 Å². The van der Waals surface area contributed by atoms with Gasteiger partial charge in [0.25, 0.3) is 5.91 Å². The van der Waals surface area contributed by atoms with Crippen LogP contribution in [0.25, 0.3) is 0 Å². The quantitative estimate of drug-likeness (QED) is 0.266. The molecule has 0 aliphatic carbocycles. The maximum atomic E-state index is 14.2. The lowest BCUT2D eigenvalue weighted by Gasteiger charge is -2.24. The number of ether oxygens (including phenoxy) is 1. The van der Waals surface area contributed by atoms with Crippen LogP contribution >= 0.6 is 0 Å². The first-order valence-electron chi connectivity index (χ1n) is 13.4. The van der Waals surface area contributed by atoms with E-state index in [-0.39, 0.29) is 47.2 Å². The van der Waals surface area contributed by atoms with Gasteiger partial charge in [-0.3, -0.25) is 4.79 Å². The SMILES string of the molecule is CCS(=O)(=O)c1ccc([C@H](CC#N)NC(=O)c2ccc(N3CC[C@H](Oc4ccc(C(F)(F)F)cc4)C3)c(C(F)(F)F)c2)cc1. The first-order chi connectivity index (χ1) is 20.6. The minimum Gasteiger partial charge on any atom is -0.489 e. The molecule has 3 aromatic carbocycles. The number of nitriles is 1. The Morgan fingerprint density at radius 3 is 2.25 bits per heavy atom. The Kier molecular flexibility index (Phi) is 9.48. The maximum absolute atomic E-state index is 14.2. The number of nitrogens with zero attached hydrogens (tertiary/aromatic N) is 2. The Hall–Kier alpha value is -4.25. The van der Waals surface area contributed by atoms with Crippen molar-refractivity contribution in [3.05, 3.63) is 89.0 Å². The van der Waals surface area contributed by atoms with Gasteiger partial charge in [-0.25, -0.2) is 8.42 Å². The summed E-state index contributed by atoms with van der Waals surface area (Å²) < 4.78 is 111. The smallest absolute Gasteiger partial charge is 0.418 e. The Balaban J connectivity index is 1.50. The molecule has 2 atom stereocenters. The summed E-state index contributed by atoms with van der Waals surface area (Å²) in [5.74, 6) is -0.828. The lowest BCUT2D eigenvalue weighted by atomic mass is 10.0. The van der Waals surface area contributed by atoms with Crippen LogP contribution in [0.1, 0.15) is 52.9 Å². The van der Waals surface area contributed by atoms with E-state index in [0.29, 0.717) is 12.0 Å². The standard InChI is InChI=1S/C30H27F6N3O4S/c1-2-44(41,42)24-10-3-19(4-11-24)26(13-15-37)38-28(40)20-5-12-27(25(17-20)30(34,35)36)39-16-14-23(18-39)43-22-8-6-21(7-9-22)29(31,32)33/h3-12,17,23,26H,2,13-14,16,18H2,1H3,(H,38,40)/t23-,26-/m0/s1. The minimum absolute atomic E-state index is 0.0314. The highest BCUT2D eigenvalue weighted by atomic mass is 32.2. The van der Waals surface area contributed by atoms with E-state index in [9.17, 15) is 44.8 Å². The monoisotopic (exact) mass is 639 g/mol. The molecule has 234 valence electrons. The number of sulfone groups is 1. The summed E-state index contributed by atoms with van der Waals surface area (Å²) in [6.45, 7) is 1.69. The van der Waals surface area contributed by atoms with Crippen LogP contribution in [0.4, 0.5) is 32.0 Å². The number of amides is 1. The first kappa shape index (κ1) is 32.7. The molecule has 1 aliphatic rings. The predicted octanol–water partition coefficient (Wildman–Crippen LogP) is 6.56. The molecule has 1 aliphatic heterocycles. The Morgan fingerprint density at radius 2 is 1.68 bits per heavy atom. The average Bonchev–Trinajstić information content (AvgIpc) is 3.44. The Bertz CT molecular complexity index is 1630. The molecule has 7 nitrogen and oxygen atoms in total. The largest absolute Gasteiger partial charge is 0.489 e. The molecule has 0 spiro atoms. The molecule has 0 aromatic heterocycles. The number of hydrogen-bond acceptors (Lipinski definition) is 6. The minimum atomic E-state index is -4.83. The summed E-state index contributed by atoms with van der Waals surface area (Å²) in [5, 5.41) is 11.8. The number of hydrogen-bond donors (Lipinski definition) is 1. The van der Waals surface area contributed by atoms with Gasteiger partial charge in [-0.2, -0.15) is 31.6 Å². The topological polar surface area (TPSA) is 99.5 Å². The van der Waals surface area contributed by atoms with Gasteiger partial charge >= 0.3 is 12.4 Å². The van der Waals surface area contributed by atoms with Gasteiger partial charge in [-0.05, 0) is 60.2 Å². The van der Waals surface area contributed by atoms with Crippen molar-refractivity contribution in [2.45, 2.75) is 49.2 Å². The third-order valence-corrected chi connectivity index (χ3v) is 8.91. The zero-order valence-electron chi connectivity index (χ0n) is 23.2. The molecule has 1 fully saturated rings. The van der Waals surface area contributed by atoms with E-state index >= 15 is 0 Å². The summed E-state index contributed by atoms with van der Waals surface area (Å²) in [6, 6.07) is 13.7. The molecule has 1 saturated heterocycles. The molecule has 1 N–H and O–H groups in total. The Labute approximate surface area is 250 Å². The number of nitrogens with one attached hydrogen (secondary N) is 1. The van der Waals surface area contributed by atoms with Crippen molar-refractivity contribution in [3.63, 3.8) is 0 Å². The molecule has 0 radical (unpaired) electrons. The molecule has 14 heteroatoms. The van der Waals surface area contributed by atoms with Gasteiger partial charge in [0.15, 0.2) is 9.84 Å². The highest BCUT2D eigenvalue weighted by Crippen LogP contribution is 2.39. The fourth-order valence-corrected chi connectivity index (χ4v) is 5.68. The number of benzene rings is 3. The van der Waals surface area contributed by atoms with Crippen molar-refractivity contribution in [2.24, 2.45) is 0 Å². The van der Waals surface area contributed by atoms with Gasteiger partial charge in [-0.15, -0.1) is 0 Å². The molecule has 1 heterocycles. The fourth-order valence-electron chi connectivity index (χ4n) is 4.80. The molecular formula is C30H27F6N3O4S. The van der Waals surface area contributed by atoms with Crippen molar-refractivity contribution < 1.29 is 44.3 Å². The van der Waals surface area contributed by atoms with Crippen LogP contribution in [0.2, 0.25) is 0 Å². The molecule has 44 heavy (non-hydrogen) atoms. The summed E-state index contributed by atoms with van der Waals surface area (Å²) in [4.78, 5) is 14.5. The predicted molar refractivity (Wildman–Crippen MR) is 149 cm³/mol. The van der Waals surface area contributed by atoms with Crippen molar-refractivity contribution in [1.82, 2.24) is 5.32 Å². The molecular weight excluding hydrogens is 612 g/mol. The van der Waals surface area contributed by atoms with E-state index in [0.717, 1.165) is 30.3 Å². The second kappa shape index (κ2) is 12.8. The summed E-state index contributed by atoms with van der Waals surface area (Å²) in [7, 11) is -3.48. The van der Waals surface area contributed by atoms with Gasteiger partial charge in [0.1, 0.15) is 11.9 Å². The van der Waals surface area contributed by atoms with Crippen LogP contribution in [0.5, 0.6) is 5.75 Å². The number of anilines is 1. The van der Waals surface area contributed by atoms with E-state index in [1.807, 2.05) is 6.07 Å². The molecule has 0 bridgehead atoms. The Morgan fingerprint density at radius 1 is 1.02 bits per heavy atom. The van der Waals surface area contributed by atoms with E-state index < -0.39 is 51.4 Å². The lowest BCUT2D eigenvalue weighted by molar-refractivity contribution is -0.138. The molecule has 3 aromatic rings. The summed E-state index contributed by atoms with van der Waals surface area (Å²) in [5.41, 5.74) is -2.00. The lowest BCUT2D eigenvalue weighted by Crippen LogP contribution is -2.30. The number of halogens is 6. The molecule has 1 amide bonds. The van der Waals surface area contributed by atoms with Crippen LogP contribution in [-0.2, 0) is 22.2 Å². The highest BCUT2D eigenvalue weighted by Gasteiger charge is 2.38. The third-order valence-electron chi connectivity index (χ3n) is 7.16. The summed E-state index contributed by atoms with van der Waals surface area (Å²) >= 11 is 0. The van der Waals surface area contributed by atoms with Crippen LogP contribution in [-0.4, -0.2) is 39.3 Å². The van der Waals surface area contributed by atoms with Gasteiger partial charge in [0.05, 0.1) is 46.9 Å². The van der Waals surface area contributed by atoms with Crippen molar-refractivity contribution in [3.8, 4) is 11.8 Å². The number of alkyl halides is 6. The van der Waals surface area contributed by atoms with E-state index in [1.54, 1.807) is 0 Å². The fraction of sp³-hybridized carbons (Fsp3) is 0.333. The number of carbonyl (C=O) groups is 1. The zero-order valence-corrected chi connectivity index (χ0v) is 24.1. The van der Waals surface area contributed by atoms with Gasteiger partial charge in [0.2, 0.25) is 0 Å². The molecule has 0 saturated carbocycles. The highest BCUT2D eigenvalue weighted by molar-refractivity contribution is 7.91. The van der Waals surface area contributed by atoms with Crippen LogP contribution in [0.15, 0.2) is 71.6 Å². The van der Waals surface area contributed by atoms with Gasteiger partial charge < -0.3 is 15.0 Å². The summed E-state index contributed by atoms with van der Waals surface area (Å²) in [6.07, 6.45) is -9.83. The van der Waals surface area contributed by atoms with Crippen LogP contribution in [0, 0.1) is 11.3 Å². The van der Waals surface area contributed by atoms with E-state index in [1.165, 1.54) is 48.2 Å². The normalized spacial score (nSPS) is 16.3. The molecule has 0 unspecified atom stereocenters. The van der Waals surface area contributed by atoms with Crippen molar-refractivity contribution in [2.75, 3.05) is 23.7 Å². The van der Waals surface area contributed by atoms with Gasteiger partial charge in [-0.1, -0.05) is 19.1 Å². The van der Waals surface area contributed by atoms with Crippen molar-refractivity contribution in [1.29, 1.82) is 5.26 Å². The second-order valence-corrected chi connectivity index (χ2v) is 12.4. The maximum Gasteiger partial charge on any atom is 0.418 e.